The molecule has 2 aromatic heterocycles. The molecule has 6 nitrogen and oxygen atoms in total. The molecule has 4 aromatic rings. The zero-order chi connectivity index (χ0) is 20.5. The van der Waals surface area contributed by atoms with Crippen LogP contribution in [0.15, 0.2) is 54.2 Å². The molecule has 0 spiro atoms. The fourth-order valence-corrected chi connectivity index (χ4v) is 4.22. The highest BCUT2D eigenvalue weighted by atomic mass is 32.1. The molecular formula is C22H20N4O2S. The normalized spacial score (nSPS) is 11.2. The van der Waals surface area contributed by atoms with Crippen molar-refractivity contribution in [2.24, 2.45) is 0 Å². The van der Waals surface area contributed by atoms with Gasteiger partial charge in [0.25, 0.3) is 5.69 Å². The number of anilines is 2. The molecule has 146 valence electrons. The highest BCUT2D eigenvalue weighted by molar-refractivity contribution is 7.17. The van der Waals surface area contributed by atoms with Crippen molar-refractivity contribution < 1.29 is 4.92 Å². The zero-order valence-electron chi connectivity index (χ0n) is 16.3. The van der Waals surface area contributed by atoms with Crippen molar-refractivity contribution in [1.82, 2.24) is 9.97 Å². The largest absolute Gasteiger partial charge is 0.340 e. The van der Waals surface area contributed by atoms with Crippen LogP contribution in [0.1, 0.15) is 30.9 Å². The Kier molecular flexibility index (Phi) is 4.98. The molecule has 29 heavy (non-hydrogen) atoms. The highest BCUT2D eigenvalue weighted by Gasteiger charge is 2.15. The molecule has 0 fully saturated rings. The highest BCUT2D eigenvalue weighted by Crippen LogP contribution is 2.38. The summed E-state index contributed by atoms with van der Waals surface area (Å²) in [5.41, 5.74) is 4.93. The zero-order valence-corrected chi connectivity index (χ0v) is 17.2. The fraction of sp³-hybridized carbons (Fsp3) is 0.182. The van der Waals surface area contributed by atoms with Crippen molar-refractivity contribution in [2.75, 3.05) is 5.32 Å². The van der Waals surface area contributed by atoms with Gasteiger partial charge in [0, 0.05) is 28.3 Å². The standard InChI is InChI=1S/C22H20N4O2S/c1-13(2)15-4-6-16(7-5-15)18-11-29-22-20(18)21(23-12-24-22)25-17-8-9-19(26(27)28)14(3)10-17/h4-13H,1-3H3,(H,23,24,25). The number of hydrogen-bond donors (Lipinski definition) is 1. The Morgan fingerprint density at radius 2 is 1.86 bits per heavy atom. The summed E-state index contributed by atoms with van der Waals surface area (Å²) >= 11 is 1.57. The van der Waals surface area contributed by atoms with Gasteiger partial charge in [-0.15, -0.1) is 11.3 Å². The van der Waals surface area contributed by atoms with Gasteiger partial charge in [-0.2, -0.15) is 0 Å². The van der Waals surface area contributed by atoms with E-state index in [0.29, 0.717) is 17.3 Å². The molecule has 1 N–H and O–H groups in total. The van der Waals surface area contributed by atoms with E-state index in [4.69, 9.17) is 0 Å². The predicted octanol–water partition coefficient (Wildman–Crippen LogP) is 6.44. The number of fused-ring (bicyclic) bond motifs is 1. The van der Waals surface area contributed by atoms with Crippen LogP contribution in [0.4, 0.5) is 17.2 Å². The van der Waals surface area contributed by atoms with Crippen LogP contribution >= 0.6 is 11.3 Å². The van der Waals surface area contributed by atoms with E-state index in [2.05, 4.69) is 58.8 Å². The summed E-state index contributed by atoms with van der Waals surface area (Å²) in [4.78, 5) is 20.4. The van der Waals surface area contributed by atoms with Gasteiger partial charge in [-0.3, -0.25) is 10.1 Å². The van der Waals surface area contributed by atoms with E-state index >= 15 is 0 Å². The third-order valence-corrected chi connectivity index (χ3v) is 5.80. The van der Waals surface area contributed by atoms with E-state index in [1.54, 1.807) is 30.4 Å². The molecular weight excluding hydrogens is 384 g/mol. The minimum Gasteiger partial charge on any atom is -0.340 e. The molecule has 0 unspecified atom stereocenters. The Bertz CT molecular complexity index is 1200. The second kappa shape index (κ2) is 7.60. The molecule has 0 saturated heterocycles. The van der Waals surface area contributed by atoms with E-state index in [1.165, 1.54) is 18.0 Å². The topological polar surface area (TPSA) is 81.0 Å². The summed E-state index contributed by atoms with van der Waals surface area (Å²) in [5, 5.41) is 17.4. The Morgan fingerprint density at radius 3 is 2.52 bits per heavy atom. The maximum atomic E-state index is 11.1. The summed E-state index contributed by atoms with van der Waals surface area (Å²) in [7, 11) is 0. The lowest BCUT2D eigenvalue weighted by molar-refractivity contribution is -0.385. The van der Waals surface area contributed by atoms with Crippen molar-refractivity contribution in [1.29, 1.82) is 0 Å². The summed E-state index contributed by atoms with van der Waals surface area (Å²) in [6, 6.07) is 13.5. The molecule has 2 aromatic carbocycles. The molecule has 0 radical (unpaired) electrons. The number of nitrogens with one attached hydrogen (secondary N) is 1. The summed E-state index contributed by atoms with van der Waals surface area (Å²) in [6.07, 6.45) is 1.53. The van der Waals surface area contributed by atoms with Gasteiger partial charge in [0.15, 0.2) is 0 Å². The second-order valence-electron chi connectivity index (χ2n) is 7.21. The first kappa shape index (κ1) is 19.0. The van der Waals surface area contributed by atoms with Gasteiger partial charge < -0.3 is 5.32 Å². The lowest BCUT2D eigenvalue weighted by Crippen LogP contribution is -1.97. The second-order valence-corrected chi connectivity index (χ2v) is 8.07. The van der Waals surface area contributed by atoms with Crippen LogP contribution in [0, 0.1) is 17.0 Å². The van der Waals surface area contributed by atoms with Gasteiger partial charge in [0.1, 0.15) is 17.0 Å². The van der Waals surface area contributed by atoms with E-state index < -0.39 is 0 Å². The van der Waals surface area contributed by atoms with Crippen LogP contribution in [-0.2, 0) is 0 Å². The summed E-state index contributed by atoms with van der Waals surface area (Å²) in [6.45, 7) is 6.08. The Hall–Kier alpha value is -3.32. The van der Waals surface area contributed by atoms with Gasteiger partial charge >= 0.3 is 0 Å². The Morgan fingerprint density at radius 1 is 1.10 bits per heavy atom. The van der Waals surface area contributed by atoms with E-state index in [0.717, 1.165) is 27.0 Å². The minimum absolute atomic E-state index is 0.102. The molecule has 4 rings (SSSR count). The SMILES string of the molecule is Cc1cc(Nc2ncnc3scc(-c4ccc(C(C)C)cc4)c23)ccc1[N+](=O)[O-]. The van der Waals surface area contributed by atoms with Gasteiger partial charge in [-0.05, 0) is 36.1 Å². The number of thiophene rings is 1. The average molecular weight is 404 g/mol. The van der Waals surface area contributed by atoms with Crippen LogP contribution < -0.4 is 5.32 Å². The first-order valence-electron chi connectivity index (χ1n) is 9.28. The van der Waals surface area contributed by atoms with Gasteiger partial charge in [0.2, 0.25) is 0 Å². The quantitative estimate of drug-likeness (QED) is 0.306. The van der Waals surface area contributed by atoms with Gasteiger partial charge in [0.05, 0.1) is 10.3 Å². The number of nitro groups is 1. The van der Waals surface area contributed by atoms with Crippen molar-refractivity contribution in [3.05, 3.63) is 75.4 Å². The van der Waals surface area contributed by atoms with E-state index in [9.17, 15) is 10.1 Å². The van der Waals surface area contributed by atoms with Gasteiger partial charge in [-0.1, -0.05) is 38.1 Å². The van der Waals surface area contributed by atoms with Crippen molar-refractivity contribution in [3.63, 3.8) is 0 Å². The number of benzene rings is 2. The first-order chi connectivity index (χ1) is 13.9. The predicted molar refractivity (Wildman–Crippen MR) is 118 cm³/mol. The van der Waals surface area contributed by atoms with Crippen molar-refractivity contribution in [3.8, 4) is 11.1 Å². The molecule has 0 atom stereocenters. The number of aryl methyl sites for hydroxylation is 1. The summed E-state index contributed by atoms with van der Waals surface area (Å²) in [5.74, 6) is 1.17. The number of hydrogen-bond acceptors (Lipinski definition) is 6. The minimum atomic E-state index is -0.375. The first-order valence-corrected chi connectivity index (χ1v) is 10.2. The lowest BCUT2D eigenvalue weighted by Gasteiger charge is -2.10. The van der Waals surface area contributed by atoms with E-state index in [-0.39, 0.29) is 10.6 Å². The molecule has 0 aliphatic rings. The van der Waals surface area contributed by atoms with Crippen LogP contribution in [0.2, 0.25) is 0 Å². The molecule has 0 aliphatic heterocycles. The number of aromatic nitrogens is 2. The van der Waals surface area contributed by atoms with Crippen LogP contribution in [0.25, 0.3) is 21.3 Å². The number of rotatable bonds is 5. The monoisotopic (exact) mass is 404 g/mol. The third-order valence-electron chi connectivity index (χ3n) is 4.91. The Labute approximate surface area is 172 Å². The maximum absolute atomic E-state index is 11.1. The van der Waals surface area contributed by atoms with Gasteiger partial charge in [-0.25, -0.2) is 9.97 Å². The molecule has 2 heterocycles. The maximum Gasteiger partial charge on any atom is 0.272 e. The molecule has 0 amide bonds. The number of nitro benzene ring substituents is 1. The van der Waals surface area contributed by atoms with E-state index in [1.807, 2.05) is 0 Å². The molecule has 0 bridgehead atoms. The third kappa shape index (κ3) is 3.69. The van der Waals surface area contributed by atoms with Crippen molar-refractivity contribution in [2.45, 2.75) is 26.7 Å². The van der Waals surface area contributed by atoms with Crippen LogP contribution in [0.5, 0.6) is 0 Å². The fourth-order valence-electron chi connectivity index (χ4n) is 3.30. The molecule has 0 aliphatic carbocycles. The van der Waals surface area contributed by atoms with Crippen molar-refractivity contribution >= 4 is 38.7 Å². The lowest BCUT2D eigenvalue weighted by atomic mass is 9.99. The molecule has 0 saturated carbocycles. The summed E-state index contributed by atoms with van der Waals surface area (Å²) < 4.78 is 0. The van der Waals surface area contributed by atoms with Crippen LogP contribution in [0.3, 0.4) is 0 Å². The molecule has 7 heteroatoms. The smallest absolute Gasteiger partial charge is 0.272 e. The Balaban J connectivity index is 1.75. The average Bonchev–Trinajstić information content (AvgIpc) is 3.13. The number of nitrogens with zero attached hydrogens (tertiary/aromatic N) is 3. The van der Waals surface area contributed by atoms with Crippen LogP contribution in [-0.4, -0.2) is 14.9 Å².